The molecule has 0 atom stereocenters. The summed E-state index contributed by atoms with van der Waals surface area (Å²) in [6.45, 7) is 19.1. The zero-order valence-electron chi connectivity index (χ0n) is 39.5. The average molecular weight is 1130 g/mol. The van der Waals surface area contributed by atoms with Gasteiger partial charge >= 0.3 is 0 Å². The van der Waals surface area contributed by atoms with Crippen molar-refractivity contribution >= 4 is 63.7 Å². The number of hydrogen-bond donors (Lipinski definition) is 6. The van der Waals surface area contributed by atoms with Gasteiger partial charge in [-0.05, 0) is 211 Å². The zero-order chi connectivity index (χ0) is 47.6. The quantitative estimate of drug-likeness (QED) is 0.0440. The van der Waals surface area contributed by atoms with Gasteiger partial charge in [0.25, 0.3) is 0 Å². The summed E-state index contributed by atoms with van der Waals surface area (Å²) in [5, 5.41) is 60.5. The fourth-order valence-electron chi connectivity index (χ4n) is 6.72. The third-order valence-corrected chi connectivity index (χ3v) is 14.1. The molecule has 0 spiro atoms. The molecule has 6 nitrogen and oxygen atoms in total. The van der Waals surface area contributed by atoms with Gasteiger partial charge in [0, 0.05) is 17.2 Å². The van der Waals surface area contributed by atoms with Crippen LogP contribution >= 0.6 is 63.7 Å². The van der Waals surface area contributed by atoms with E-state index in [0.29, 0.717) is 41.9 Å². The van der Waals surface area contributed by atoms with E-state index in [1.54, 1.807) is 12.1 Å². The minimum Gasteiger partial charge on any atom is -0.508 e. The van der Waals surface area contributed by atoms with Gasteiger partial charge in [0.05, 0.1) is 17.9 Å². The van der Waals surface area contributed by atoms with Crippen LogP contribution in [-0.4, -0.2) is 30.6 Å². The first-order chi connectivity index (χ1) is 29.8. The highest BCUT2D eigenvalue weighted by atomic mass is 79.9. The topological polar surface area (TPSA) is 121 Å². The number of benzene rings is 3. The molecule has 0 saturated carbocycles. The lowest BCUT2D eigenvalue weighted by atomic mass is 10.00. The Bertz CT molecular complexity index is 1910. The summed E-state index contributed by atoms with van der Waals surface area (Å²) in [6, 6.07) is 4.94. The van der Waals surface area contributed by atoms with E-state index < -0.39 is 0 Å². The van der Waals surface area contributed by atoms with E-state index in [1.165, 1.54) is 41.2 Å². The molecule has 6 N–H and O–H groups in total. The second-order valence-corrected chi connectivity index (χ2v) is 20.1. The minimum atomic E-state index is 0.0854. The molecule has 0 aromatic heterocycles. The van der Waals surface area contributed by atoms with Crippen LogP contribution in [0, 0.1) is 0 Å². The molecule has 0 unspecified atom stereocenters. The van der Waals surface area contributed by atoms with Crippen molar-refractivity contribution in [3.63, 3.8) is 0 Å². The normalized spacial score (nSPS) is 11.4. The van der Waals surface area contributed by atoms with Crippen LogP contribution in [0.15, 0.2) is 82.7 Å². The van der Waals surface area contributed by atoms with E-state index in [2.05, 4.69) is 150 Å². The number of phenols is 6. The van der Waals surface area contributed by atoms with E-state index in [-0.39, 0.29) is 34.5 Å². The number of aryl methyl sites for hydroxylation is 1. The van der Waals surface area contributed by atoms with Crippen LogP contribution in [0.2, 0.25) is 0 Å². The molecule has 0 bridgehead atoms. The molecule has 3 rings (SSSR count). The Balaban J connectivity index is 0.000000487. The Hall–Kier alpha value is -2.66. The fourth-order valence-corrected chi connectivity index (χ4v) is 9.55. The lowest BCUT2D eigenvalue weighted by Crippen LogP contribution is -1.96. The predicted octanol–water partition coefficient (Wildman–Crippen LogP) is 18.0. The number of rotatable bonds is 22. The number of unbranched alkanes of at least 4 members (excludes halogenated alkanes) is 6. The Labute approximate surface area is 414 Å². The second-order valence-electron chi connectivity index (χ2n) is 16.9. The van der Waals surface area contributed by atoms with Crippen LogP contribution in [-0.2, 0) is 32.1 Å². The van der Waals surface area contributed by atoms with E-state index in [1.807, 2.05) is 0 Å². The van der Waals surface area contributed by atoms with Crippen molar-refractivity contribution in [2.45, 2.75) is 178 Å². The highest BCUT2D eigenvalue weighted by Gasteiger charge is 2.20. The second kappa shape index (κ2) is 32.1. The van der Waals surface area contributed by atoms with Gasteiger partial charge in [0.15, 0.2) is 0 Å². The zero-order valence-corrected chi connectivity index (χ0v) is 45.8. The third-order valence-electron chi connectivity index (χ3n) is 10.7. The molecule has 0 heterocycles. The smallest absolute Gasteiger partial charge is 0.137 e. The summed E-state index contributed by atoms with van der Waals surface area (Å²) in [6.07, 6.45) is 26.5. The standard InChI is InChI=1S/C21H30Br2O2.C21H32O2.C11H14Br2O2/c1-5-6-7-11-16-18(22)20(24)17(21(25)19(16)23)13-12-15(4)10-8-9-14(2)3;1-5-6-7-11-18-14-20(22)19(21(23)15-18)13-12-17(4)10-8-9-16(2)3;1-2-3-4-5-7-10(12)8(14)6-9(15)11(7)13/h9,12,24-25H,5-8,10-11,13H2,1-4H3;9,12,14-15,22-23H,5-8,10-11,13H2,1-4H3;6,14-15H,2-5H2,1H3/b15-12+;17-12+;. The molecule has 3 aromatic rings. The van der Waals surface area contributed by atoms with Crippen molar-refractivity contribution in [3.8, 4) is 34.5 Å². The summed E-state index contributed by atoms with van der Waals surface area (Å²) < 4.78 is 2.73. The molecule has 0 aliphatic rings. The van der Waals surface area contributed by atoms with Crippen LogP contribution in [0.5, 0.6) is 34.5 Å². The molecule has 3 aromatic carbocycles. The molecule has 352 valence electrons. The molecule has 63 heavy (non-hydrogen) atoms. The molecule has 0 saturated heterocycles. The maximum absolute atomic E-state index is 10.5. The number of allylic oxidation sites excluding steroid dienone is 8. The summed E-state index contributed by atoms with van der Waals surface area (Å²) in [5.41, 5.74) is 9.30. The lowest BCUT2D eigenvalue weighted by molar-refractivity contribution is 0.434. The van der Waals surface area contributed by atoms with Gasteiger partial charge in [0.2, 0.25) is 0 Å². The van der Waals surface area contributed by atoms with Gasteiger partial charge in [0.1, 0.15) is 34.5 Å². The molecule has 10 heteroatoms. The number of hydrogen-bond acceptors (Lipinski definition) is 6. The SMILES string of the molecule is CCCCCc1c(Br)c(O)c(C/C=C(\C)CCC=C(C)C)c(O)c1Br.CCCCCc1c(Br)c(O)cc(O)c1Br.CCCCCc1cc(O)c(C/C=C(\C)CCC=C(C)C)c(O)c1. The Morgan fingerprint density at radius 2 is 0.794 bits per heavy atom. The predicted molar refractivity (Wildman–Crippen MR) is 282 cm³/mol. The van der Waals surface area contributed by atoms with Gasteiger partial charge in [-0.1, -0.05) is 106 Å². The van der Waals surface area contributed by atoms with E-state index in [0.717, 1.165) is 107 Å². The molecule has 0 radical (unpaired) electrons. The van der Waals surface area contributed by atoms with Gasteiger partial charge in [-0.15, -0.1) is 0 Å². The van der Waals surface area contributed by atoms with Crippen molar-refractivity contribution in [2.75, 3.05) is 0 Å². The van der Waals surface area contributed by atoms with Crippen molar-refractivity contribution in [2.24, 2.45) is 0 Å². The van der Waals surface area contributed by atoms with Crippen LogP contribution in [0.25, 0.3) is 0 Å². The summed E-state index contributed by atoms with van der Waals surface area (Å²) >= 11 is 13.7. The van der Waals surface area contributed by atoms with Crippen molar-refractivity contribution in [3.05, 3.63) is 111 Å². The summed E-state index contributed by atoms with van der Waals surface area (Å²) in [4.78, 5) is 0. The Kier molecular flexibility index (Phi) is 29.7. The first kappa shape index (κ1) is 58.4. The molecular formula is C53H76Br4O6. The summed E-state index contributed by atoms with van der Waals surface area (Å²) in [7, 11) is 0. The molecule has 0 aliphatic heterocycles. The maximum Gasteiger partial charge on any atom is 0.137 e. The molecule has 0 amide bonds. The molecule has 0 aliphatic carbocycles. The van der Waals surface area contributed by atoms with Gasteiger partial charge in [-0.2, -0.15) is 0 Å². The number of aromatic hydroxyl groups is 6. The van der Waals surface area contributed by atoms with Gasteiger partial charge < -0.3 is 30.6 Å². The maximum atomic E-state index is 10.5. The largest absolute Gasteiger partial charge is 0.508 e. The van der Waals surface area contributed by atoms with E-state index in [9.17, 15) is 30.6 Å². The minimum absolute atomic E-state index is 0.0854. The Morgan fingerprint density at radius 3 is 1.17 bits per heavy atom. The first-order valence-electron chi connectivity index (χ1n) is 22.7. The third kappa shape index (κ3) is 21.9. The van der Waals surface area contributed by atoms with Crippen molar-refractivity contribution < 1.29 is 30.6 Å². The van der Waals surface area contributed by atoms with Crippen LogP contribution in [0.4, 0.5) is 0 Å². The first-order valence-corrected chi connectivity index (χ1v) is 25.9. The van der Waals surface area contributed by atoms with Gasteiger partial charge in [-0.25, -0.2) is 0 Å². The Morgan fingerprint density at radius 1 is 0.429 bits per heavy atom. The van der Waals surface area contributed by atoms with Crippen LogP contribution < -0.4 is 0 Å². The van der Waals surface area contributed by atoms with E-state index >= 15 is 0 Å². The van der Waals surface area contributed by atoms with Crippen LogP contribution in [0.3, 0.4) is 0 Å². The number of phenolic OH excluding ortho intramolecular Hbond substituents is 6. The van der Waals surface area contributed by atoms with Crippen LogP contribution in [0.1, 0.15) is 174 Å². The molecule has 0 fully saturated rings. The van der Waals surface area contributed by atoms with E-state index in [4.69, 9.17) is 0 Å². The fraction of sp³-hybridized carbons (Fsp3) is 0.509. The monoisotopic (exact) mass is 1120 g/mol. The highest BCUT2D eigenvalue weighted by Crippen LogP contribution is 2.45. The van der Waals surface area contributed by atoms with Crippen molar-refractivity contribution in [1.82, 2.24) is 0 Å². The van der Waals surface area contributed by atoms with Gasteiger partial charge in [-0.3, -0.25) is 0 Å². The number of halogens is 4. The molecular weight excluding hydrogens is 1050 g/mol. The average Bonchev–Trinajstić information content (AvgIpc) is 3.22. The highest BCUT2D eigenvalue weighted by molar-refractivity contribution is 9.11. The summed E-state index contributed by atoms with van der Waals surface area (Å²) in [5.74, 6) is 0.903. The van der Waals surface area contributed by atoms with Crippen molar-refractivity contribution in [1.29, 1.82) is 0 Å². The lowest BCUT2D eigenvalue weighted by Gasteiger charge is -2.15.